The van der Waals surface area contributed by atoms with Crippen LogP contribution in [-0.4, -0.2) is 23.5 Å². The highest BCUT2D eigenvalue weighted by molar-refractivity contribution is 5.76. The van der Waals surface area contributed by atoms with Gasteiger partial charge in [-0.1, -0.05) is 13.3 Å². The second-order valence-electron chi connectivity index (χ2n) is 2.42. The molecular weight excluding hydrogens is 158 g/mol. The summed E-state index contributed by atoms with van der Waals surface area (Å²) in [6.45, 7) is 3.76. The first-order valence-corrected chi connectivity index (χ1v) is 3.88. The van der Waals surface area contributed by atoms with Crippen LogP contribution < -0.4 is 5.73 Å². The van der Waals surface area contributed by atoms with Gasteiger partial charge < -0.3 is 10.6 Å². The zero-order valence-electron chi connectivity index (χ0n) is 7.46. The van der Waals surface area contributed by atoms with Crippen LogP contribution in [0, 0.1) is 5.41 Å². The van der Waals surface area contributed by atoms with Crippen molar-refractivity contribution in [1.29, 1.82) is 5.41 Å². The van der Waals surface area contributed by atoms with Gasteiger partial charge in [0.25, 0.3) is 0 Å². The second kappa shape index (κ2) is 5.40. The molecule has 5 nitrogen and oxygen atoms in total. The molecule has 0 amide bonds. The first-order valence-electron chi connectivity index (χ1n) is 3.88. The molecule has 0 radical (unpaired) electrons. The third-order valence-corrected chi connectivity index (χ3v) is 1.22. The fourth-order valence-electron chi connectivity index (χ4n) is 0.672. The summed E-state index contributed by atoms with van der Waals surface area (Å²) >= 11 is 0. The molecule has 0 aliphatic rings. The first kappa shape index (κ1) is 10.7. The minimum absolute atomic E-state index is 0.237. The predicted octanol–water partition coefficient (Wildman–Crippen LogP) is 0.460. The molecule has 3 N–H and O–H groups in total. The van der Waals surface area contributed by atoms with Crippen LogP contribution in [0.15, 0.2) is 0 Å². The van der Waals surface area contributed by atoms with Crippen LogP contribution >= 0.6 is 0 Å². The lowest BCUT2D eigenvalue weighted by Crippen LogP contribution is -2.38. The number of nitrogens with zero attached hydrogens (tertiary/aromatic N) is 1. The van der Waals surface area contributed by atoms with Gasteiger partial charge >= 0.3 is 5.97 Å². The van der Waals surface area contributed by atoms with Crippen molar-refractivity contribution in [3.05, 3.63) is 0 Å². The monoisotopic (exact) mass is 173 g/mol. The number of nitrogens with two attached hydrogens (primary N) is 1. The molecule has 0 aliphatic heterocycles. The third-order valence-electron chi connectivity index (χ3n) is 1.22. The largest absolute Gasteiger partial charge is 0.368 e. The topological polar surface area (TPSA) is 79.4 Å². The summed E-state index contributed by atoms with van der Waals surface area (Å²) in [7, 11) is 0. The molecule has 12 heavy (non-hydrogen) atoms. The van der Waals surface area contributed by atoms with E-state index >= 15 is 0 Å². The van der Waals surface area contributed by atoms with Crippen molar-refractivity contribution in [3.63, 3.8) is 0 Å². The van der Waals surface area contributed by atoms with Crippen molar-refractivity contribution < 1.29 is 9.63 Å². The molecule has 0 bridgehead atoms. The fraction of sp³-hybridized carbons (Fsp3) is 0.714. The Hall–Kier alpha value is -1.26. The van der Waals surface area contributed by atoms with E-state index in [1.165, 1.54) is 6.92 Å². The van der Waals surface area contributed by atoms with E-state index in [1.54, 1.807) is 0 Å². The molecule has 0 aromatic rings. The van der Waals surface area contributed by atoms with Gasteiger partial charge in [-0.15, -0.1) is 0 Å². The Balaban J connectivity index is 3.87. The van der Waals surface area contributed by atoms with Crippen molar-refractivity contribution in [2.45, 2.75) is 26.7 Å². The van der Waals surface area contributed by atoms with Gasteiger partial charge in [-0.05, 0) is 6.42 Å². The van der Waals surface area contributed by atoms with Crippen molar-refractivity contribution in [2.75, 3.05) is 6.54 Å². The lowest BCUT2D eigenvalue weighted by molar-refractivity contribution is -0.170. The van der Waals surface area contributed by atoms with Gasteiger partial charge in [0, 0.05) is 6.92 Å². The van der Waals surface area contributed by atoms with E-state index in [-0.39, 0.29) is 5.96 Å². The van der Waals surface area contributed by atoms with Gasteiger partial charge in [-0.25, -0.2) is 0 Å². The first-order chi connectivity index (χ1) is 5.57. The zero-order valence-corrected chi connectivity index (χ0v) is 7.46. The second-order valence-corrected chi connectivity index (χ2v) is 2.42. The predicted molar refractivity (Wildman–Crippen MR) is 45.3 cm³/mol. The fourth-order valence-corrected chi connectivity index (χ4v) is 0.672. The summed E-state index contributed by atoms with van der Waals surface area (Å²) in [6.07, 6.45) is 1.80. The summed E-state index contributed by atoms with van der Waals surface area (Å²) in [5, 5.41) is 8.14. The molecule has 0 fully saturated rings. The molecule has 0 unspecified atom stereocenters. The van der Waals surface area contributed by atoms with E-state index in [0.29, 0.717) is 6.54 Å². The highest BCUT2D eigenvalue weighted by Gasteiger charge is 2.08. The Morgan fingerprint density at radius 1 is 1.67 bits per heavy atom. The average molecular weight is 173 g/mol. The molecule has 0 aromatic carbocycles. The maximum absolute atomic E-state index is 10.5. The average Bonchev–Trinajstić information content (AvgIpc) is 1.96. The van der Waals surface area contributed by atoms with Crippen molar-refractivity contribution in [1.82, 2.24) is 5.06 Å². The SMILES string of the molecule is CCCCN(OC(C)=O)C(=N)N. The molecule has 0 saturated carbocycles. The van der Waals surface area contributed by atoms with Crippen LogP contribution in [0.4, 0.5) is 0 Å². The van der Waals surface area contributed by atoms with Crippen LogP contribution in [0.1, 0.15) is 26.7 Å². The summed E-state index contributed by atoms with van der Waals surface area (Å²) in [5.41, 5.74) is 5.16. The number of unbranched alkanes of at least 4 members (excludes halogenated alkanes) is 1. The molecule has 0 heterocycles. The van der Waals surface area contributed by atoms with Crippen LogP contribution in [-0.2, 0) is 9.63 Å². The molecule has 0 rings (SSSR count). The summed E-state index contributed by atoms with van der Waals surface area (Å²) < 4.78 is 0. The van der Waals surface area contributed by atoms with Gasteiger partial charge in [0.15, 0.2) is 0 Å². The lowest BCUT2D eigenvalue weighted by atomic mass is 10.3. The van der Waals surface area contributed by atoms with Crippen molar-refractivity contribution >= 4 is 11.9 Å². The molecule has 0 aliphatic carbocycles. The Morgan fingerprint density at radius 2 is 2.25 bits per heavy atom. The maximum Gasteiger partial charge on any atom is 0.329 e. The summed E-state index contributed by atoms with van der Waals surface area (Å²) in [6, 6.07) is 0. The highest BCUT2D eigenvalue weighted by Crippen LogP contribution is 1.95. The normalized spacial score (nSPS) is 9.17. The van der Waals surface area contributed by atoms with E-state index in [2.05, 4.69) is 4.84 Å². The number of rotatable bonds is 3. The number of nitrogens with one attached hydrogen (secondary N) is 1. The lowest BCUT2D eigenvalue weighted by Gasteiger charge is -2.19. The van der Waals surface area contributed by atoms with Crippen LogP contribution in [0.5, 0.6) is 0 Å². The quantitative estimate of drug-likeness (QED) is 0.369. The Kier molecular flexibility index (Phi) is 4.83. The van der Waals surface area contributed by atoms with Gasteiger partial charge in [-0.2, -0.15) is 5.06 Å². The van der Waals surface area contributed by atoms with E-state index in [1.807, 2.05) is 6.92 Å². The van der Waals surface area contributed by atoms with E-state index < -0.39 is 5.97 Å². The molecule has 5 heteroatoms. The van der Waals surface area contributed by atoms with Crippen LogP contribution in [0.2, 0.25) is 0 Å². The number of hydroxylamine groups is 2. The minimum Gasteiger partial charge on any atom is -0.368 e. The maximum atomic E-state index is 10.5. The number of guanidine groups is 1. The van der Waals surface area contributed by atoms with Gasteiger partial charge in [0.2, 0.25) is 5.96 Å². The zero-order chi connectivity index (χ0) is 9.56. The molecule has 0 spiro atoms. The Morgan fingerprint density at radius 3 is 2.58 bits per heavy atom. The van der Waals surface area contributed by atoms with Crippen molar-refractivity contribution in [3.8, 4) is 0 Å². The molecule has 0 saturated heterocycles. The highest BCUT2D eigenvalue weighted by atomic mass is 16.7. The van der Waals surface area contributed by atoms with Crippen LogP contribution in [0.25, 0.3) is 0 Å². The molecule has 0 aromatic heterocycles. The number of hydrogen-bond donors (Lipinski definition) is 2. The van der Waals surface area contributed by atoms with E-state index in [0.717, 1.165) is 17.9 Å². The Labute approximate surface area is 71.9 Å². The summed E-state index contributed by atoms with van der Waals surface area (Å²) in [5.74, 6) is -0.694. The molecule has 70 valence electrons. The Bertz CT molecular complexity index is 170. The molecular formula is C7H15N3O2. The van der Waals surface area contributed by atoms with Crippen LogP contribution in [0.3, 0.4) is 0 Å². The van der Waals surface area contributed by atoms with E-state index in [4.69, 9.17) is 11.1 Å². The molecule has 0 atom stereocenters. The smallest absolute Gasteiger partial charge is 0.329 e. The standard InChI is InChI=1S/C7H15N3O2/c1-3-4-5-10(7(8)9)12-6(2)11/h3-5H2,1-2H3,(H3,8,9). The van der Waals surface area contributed by atoms with Gasteiger partial charge in [0.1, 0.15) is 0 Å². The van der Waals surface area contributed by atoms with Gasteiger partial charge in [0.05, 0.1) is 6.54 Å². The van der Waals surface area contributed by atoms with E-state index in [9.17, 15) is 4.79 Å². The third kappa shape index (κ3) is 4.54. The number of carbonyl (C=O) groups is 1. The minimum atomic E-state index is -0.457. The summed E-state index contributed by atoms with van der Waals surface area (Å²) in [4.78, 5) is 15.2. The van der Waals surface area contributed by atoms with Gasteiger partial charge in [-0.3, -0.25) is 10.2 Å². The number of carbonyl (C=O) groups excluding carboxylic acids is 1. The number of hydrogen-bond acceptors (Lipinski definition) is 3. The van der Waals surface area contributed by atoms with Crippen molar-refractivity contribution in [2.24, 2.45) is 5.73 Å².